The highest BCUT2D eigenvalue weighted by Gasteiger charge is 2.19. The van der Waals surface area contributed by atoms with Crippen LogP contribution in [0.1, 0.15) is 15.5 Å². The highest BCUT2D eigenvalue weighted by molar-refractivity contribution is 7.21. The van der Waals surface area contributed by atoms with Gasteiger partial charge in [-0.2, -0.15) is 15.0 Å². The van der Waals surface area contributed by atoms with Crippen molar-refractivity contribution in [1.29, 1.82) is 0 Å². The number of benzene rings is 1. The number of hydrogen-bond acceptors (Lipinski definition) is 8. The Morgan fingerprint density at radius 3 is 2.65 bits per heavy atom. The molecule has 0 amide bonds. The molecule has 4 N–H and O–H groups in total. The third-order valence-electron chi connectivity index (χ3n) is 2.83. The van der Waals surface area contributed by atoms with E-state index >= 15 is 0 Å². The summed E-state index contributed by atoms with van der Waals surface area (Å²) in [6.07, 6.45) is 0. The largest absolute Gasteiger partial charge is 0.453 e. The van der Waals surface area contributed by atoms with E-state index in [0.717, 1.165) is 11.3 Å². The molecule has 0 spiro atoms. The molecule has 0 saturated heterocycles. The zero-order chi connectivity index (χ0) is 16.6. The van der Waals surface area contributed by atoms with Crippen LogP contribution in [0.15, 0.2) is 18.2 Å². The summed E-state index contributed by atoms with van der Waals surface area (Å²) < 4.78 is 18.9. The van der Waals surface area contributed by atoms with E-state index < -0.39 is 11.8 Å². The normalized spacial score (nSPS) is 10.9. The van der Waals surface area contributed by atoms with Crippen molar-refractivity contribution in [1.82, 2.24) is 15.0 Å². The number of nitrogens with two attached hydrogens (primary N) is 2. The molecule has 23 heavy (non-hydrogen) atoms. The van der Waals surface area contributed by atoms with Crippen LogP contribution in [0.2, 0.25) is 5.02 Å². The minimum absolute atomic E-state index is 0.0704. The number of ether oxygens (including phenoxy) is 1. The van der Waals surface area contributed by atoms with Crippen LogP contribution in [0.25, 0.3) is 10.1 Å². The number of anilines is 2. The van der Waals surface area contributed by atoms with Gasteiger partial charge in [-0.1, -0.05) is 11.6 Å². The number of aromatic nitrogens is 3. The van der Waals surface area contributed by atoms with E-state index in [1.807, 2.05) is 0 Å². The molecule has 0 aliphatic carbocycles. The molecule has 118 valence electrons. The maximum atomic E-state index is 13.2. The lowest BCUT2D eigenvalue weighted by Gasteiger charge is -2.03. The summed E-state index contributed by atoms with van der Waals surface area (Å²) in [5.74, 6) is -1.11. The molecule has 2 aromatic heterocycles. The first-order valence-corrected chi connectivity index (χ1v) is 7.44. The summed E-state index contributed by atoms with van der Waals surface area (Å²) in [5.41, 5.74) is 10.9. The standard InChI is InChI=1S/C13H9ClFN5O2S/c14-9-6-2-1-5(15)3-7(6)23-10(9)11(21)22-4-8-18-12(16)20-13(17)19-8/h1-3H,4H2,(H4,16,17,18,19,20). The van der Waals surface area contributed by atoms with Crippen LogP contribution in [0.4, 0.5) is 16.3 Å². The number of nitrogens with zero attached hydrogens (tertiary/aromatic N) is 3. The molecule has 0 radical (unpaired) electrons. The quantitative estimate of drug-likeness (QED) is 0.694. The summed E-state index contributed by atoms with van der Waals surface area (Å²) in [4.78, 5) is 23.5. The second-order valence-electron chi connectivity index (χ2n) is 4.43. The summed E-state index contributed by atoms with van der Waals surface area (Å²) in [7, 11) is 0. The first kappa shape index (κ1) is 15.4. The molecule has 0 unspecified atom stereocenters. The van der Waals surface area contributed by atoms with Gasteiger partial charge in [0.25, 0.3) is 0 Å². The van der Waals surface area contributed by atoms with Crippen molar-refractivity contribution >= 4 is 50.9 Å². The number of rotatable bonds is 3. The lowest BCUT2D eigenvalue weighted by atomic mass is 10.2. The van der Waals surface area contributed by atoms with Crippen LogP contribution in [-0.4, -0.2) is 20.9 Å². The first-order chi connectivity index (χ1) is 10.9. The van der Waals surface area contributed by atoms with E-state index in [2.05, 4.69) is 15.0 Å². The fraction of sp³-hybridized carbons (Fsp3) is 0.0769. The molecule has 1 aromatic carbocycles. The average molecular weight is 354 g/mol. The molecule has 0 aliphatic heterocycles. The highest BCUT2D eigenvalue weighted by atomic mass is 35.5. The molecule has 0 atom stereocenters. The summed E-state index contributed by atoms with van der Waals surface area (Å²) in [6.45, 7) is -0.241. The Balaban J connectivity index is 1.82. The Kier molecular flexibility index (Phi) is 3.97. The molecule has 3 rings (SSSR count). The Hall–Kier alpha value is -2.52. The summed E-state index contributed by atoms with van der Waals surface area (Å²) >= 11 is 7.18. The Morgan fingerprint density at radius 1 is 1.26 bits per heavy atom. The van der Waals surface area contributed by atoms with E-state index in [0.29, 0.717) is 10.1 Å². The molecule has 3 aromatic rings. The third-order valence-corrected chi connectivity index (χ3v) is 4.46. The van der Waals surface area contributed by atoms with Crippen molar-refractivity contribution in [2.75, 3.05) is 11.5 Å². The second-order valence-corrected chi connectivity index (χ2v) is 5.86. The fourth-order valence-electron chi connectivity index (χ4n) is 1.89. The third kappa shape index (κ3) is 3.15. The van der Waals surface area contributed by atoms with Crippen LogP contribution < -0.4 is 11.5 Å². The van der Waals surface area contributed by atoms with Gasteiger partial charge in [-0.25, -0.2) is 9.18 Å². The van der Waals surface area contributed by atoms with E-state index in [9.17, 15) is 9.18 Å². The van der Waals surface area contributed by atoms with Crippen LogP contribution >= 0.6 is 22.9 Å². The maximum Gasteiger partial charge on any atom is 0.350 e. The van der Waals surface area contributed by atoms with Crippen LogP contribution in [-0.2, 0) is 11.3 Å². The van der Waals surface area contributed by atoms with Crippen LogP contribution in [0, 0.1) is 5.82 Å². The first-order valence-electron chi connectivity index (χ1n) is 6.24. The number of thiophene rings is 1. The predicted octanol–water partition coefficient (Wildman–Crippen LogP) is 2.40. The average Bonchev–Trinajstić information content (AvgIpc) is 2.80. The minimum atomic E-state index is -0.672. The molecule has 0 fully saturated rings. The maximum absolute atomic E-state index is 13.2. The molecule has 2 heterocycles. The van der Waals surface area contributed by atoms with Gasteiger partial charge < -0.3 is 16.2 Å². The number of fused-ring (bicyclic) bond motifs is 1. The van der Waals surface area contributed by atoms with Crippen molar-refractivity contribution in [2.24, 2.45) is 0 Å². The summed E-state index contributed by atoms with van der Waals surface area (Å²) in [6, 6.07) is 4.08. The number of halogens is 2. The number of nitrogen functional groups attached to an aromatic ring is 2. The van der Waals surface area contributed by atoms with Crippen molar-refractivity contribution < 1.29 is 13.9 Å². The van der Waals surface area contributed by atoms with E-state index in [1.165, 1.54) is 18.2 Å². The highest BCUT2D eigenvalue weighted by Crippen LogP contribution is 2.36. The Bertz CT molecular complexity index is 897. The zero-order valence-electron chi connectivity index (χ0n) is 11.4. The van der Waals surface area contributed by atoms with Gasteiger partial charge in [0.15, 0.2) is 12.4 Å². The van der Waals surface area contributed by atoms with Crippen LogP contribution in [0.3, 0.4) is 0 Å². The van der Waals surface area contributed by atoms with Gasteiger partial charge in [0.2, 0.25) is 11.9 Å². The van der Waals surface area contributed by atoms with Gasteiger partial charge in [-0.15, -0.1) is 11.3 Å². The molecular formula is C13H9ClFN5O2S. The number of carbonyl (C=O) groups excluding carboxylic acids is 1. The Morgan fingerprint density at radius 2 is 1.96 bits per heavy atom. The Labute approximate surface area is 138 Å². The lowest BCUT2D eigenvalue weighted by Crippen LogP contribution is -2.10. The monoisotopic (exact) mass is 353 g/mol. The zero-order valence-corrected chi connectivity index (χ0v) is 13.0. The molecule has 7 nitrogen and oxygen atoms in total. The molecule has 0 aliphatic rings. The molecular weight excluding hydrogens is 345 g/mol. The number of hydrogen-bond donors (Lipinski definition) is 2. The van der Waals surface area contributed by atoms with Gasteiger partial charge in [0.1, 0.15) is 10.7 Å². The van der Waals surface area contributed by atoms with Gasteiger partial charge in [0, 0.05) is 10.1 Å². The smallest absolute Gasteiger partial charge is 0.350 e. The minimum Gasteiger partial charge on any atom is -0.453 e. The SMILES string of the molecule is Nc1nc(N)nc(COC(=O)c2sc3cc(F)ccc3c2Cl)n1. The van der Waals surface area contributed by atoms with E-state index in [1.54, 1.807) is 0 Å². The lowest BCUT2D eigenvalue weighted by molar-refractivity contribution is 0.0468. The second kappa shape index (κ2) is 5.94. The van der Waals surface area contributed by atoms with Crippen molar-refractivity contribution in [2.45, 2.75) is 6.61 Å². The summed E-state index contributed by atoms with van der Waals surface area (Å²) in [5, 5.41) is 0.795. The van der Waals surface area contributed by atoms with Crippen molar-refractivity contribution in [3.8, 4) is 0 Å². The topological polar surface area (TPSA) is 117 Å². The van der Waals surface area contributed by atoms with Crippen molar-refractivity contribution in [3.05, 3.63) is 39.7 Å². The molecule has 0 saturated carbocycles. The van der Waals surface area contributed by atoms with E-state index in [4.69, 9.17) is 27.8 Å². The van der Waals surface area contributed by atoms with Gasteiger partial charge in [-0.05, 0) is 18.2 Å². The molecule has 10 heteroatoms. The van der Waals surface area contributed by atoms with Crippen LogP contribution in [0.5, 0.6) is 0 Å². The number of carbonyl (C=O) groups is 1. The fourth-order valence-corrected chi connectivity index (χ4v) is 3.31. The molecule has 0 bridgehead atoms. The van der Waals surface area contributed by atoms with Gasteiger partial charge >= 0.3 is 5.97 Å². The van der Waals surface area contributed by atoms with Crippen molar-refractivity contribution in [3.63, 3.8) is 0 Å². The van der Waals surface area contributed by atoms with E-state index in [-0.39, 0.29) is 34.2 Å². The number of esters is 1. The van der Waals surface area contributed by atoms with Gasteiger partial charge in [0.05, 0.1) is 5.02 Å². The predicted molar refractivity (Wildman–Crippen MR) is 84.6 cm³/mol. The van der Waals surface area contributed by atoms with Gasteiger partial charge in [-0.3, -0.25) is 0 Å².